The molecule has 0 unspecified atom stereocenters. The molecule has 1 N–H and O–H groups in total. The van der Waals surface area contributed by atoms with E-state index < -0.39 is 0 Å². The minimum atomic E-state index is -0.166. The highest BCUT2D eigenvalue weighted by Gasteiger charge is 2.23. The first-order valence-electron chi connectivity index (χ1n) is 7.16. The first-order chi connectivity index (χ1) is 10.3. The Kier molecular flexibility index (Phi) is 3.41. The highest BCUT2D eigenvalue weighted by Crippen LogP contribution is 2.40. The molecule has 3 nitrogen and oxygen atoms in total. The van der Waals surface area contributed by atoms with Crippen molar-refractivity contribution in [3.8, 4) is 17.2 Å². The van der Waals surface area contributed by atoms with Crippen molar-refractivity contribution in [2.75, 3.05) is 0 Å². The van der Waals surface area contributed by atoms with Gasteiger partial charge in [0, 0.05) is 10.6 Å². The number of nitrogens with zero attached hydrogens (tertiary/aromatic N) is 1. The second-order valence-electron chi connectivity index (χ2n) is 6.59. The Balaban J connectivity index is 2.24. The largest absolute Gasteiger partial charge is 0.507 e. The summed E-state index contributed by atoms with van der Waals surface area (Å²) in [5.74, 6) is 0.625. The van der Waals surface area contributed by atoms with E-state index in [1.54, 1.807) is 18.2 Å². The number of hydrogen-bond acceptors (Lipinski definition) is 3. The predicted molar refractivity (Wildman–Crippen MR) is 89.6 cm³/mol. The van der Waals surface area contributed by atoms with Crippen LogP contribution in [0.4, 0.5) is 0 Å². The van der Waals surface area contributed by atoms with E-state index in [1.807, 2.05) is 19.1 Å². The number of oxazole rings is 1. The van der Waals surface area contributed by atoms with Gasteiger partial charge in [-0.3, -0.25) is 0 Å². The lowest BCUT2D eigenvalue weighted by atomic mass is 9.84. The molecule has 3 rings (SSSR count). The summed E-state index contributed by atoms with van der Waals surface area (Å²) in [6.45, 7) is 8.20. The van der Waals surface area contributed by atoms with Crippen LogP contribution in [0.3, 0.4) is 0 Å². The third kappa shape index (κ3) is 2.57. The average molecular weight is 316 g/mol. The lowest BCUT2D eigenvalue weighted by molar-refractivity contribution is 0.446. The van der Waals surface area contributed by atoms with Gasteiger partial charge in [0.15, 0.2) is 5.58 Å². The Morgan fingerprint density at radius 1 is 1.14 bits per heavy atom. The molecule has 0 fully saturated rings. The number of hydrogen-bond donors (Lipinski definition) is 1. The molecule has 3 aromatic rings. The van der Waals surface area contributed by atoms with Crippen LogP contribution in [0.1, 0.15) is 31.9 Å². The average Bonchev–Trinajstić information content (AvgIpc) is 2.82. The van der Waals surface area contributed by atoms with Gasteiger partial charge in [-0.1, -0.05) is 38.4 Å². The van der Waals surface area contributed by atoms with Crippen molar-refractivity contribution in [2.45, 2.75) is 33.1 Å². The van der Waals surface area contributed by atoms with Crippen molar-refractivity contribution < 1.29 is 9.52 Å². The topological polar surface area (TPSA) is 46.3 Å². The van der Waals surface area contributed by atoms with E-state index in [4.69, 9.17) is 16.0 Å². The van der Waals surface area contributed by atoms with Crippen molar-refractivity contribution in [1.29, 1.82) is 0 Å². The van der Waals surface area contributed by atoms with Crippen molar-refractivity contribution in [3.63, 3.8) is 0 Å². The van der Waals surface area contributed by atoms with Crippen LogP contribution in [0.2, 0.25) is 5.02 Å². The molecule has 0 saturated carbocycles. The Labute approximate surface area is 134 Å². The van der Waals surface area contributed by atoms with Gasteiger partial charge in [0.2, 0.25) is 5.89 Å². The van der Waals surface area contributed by atoms with E-state index in [0.717, 1.165) is 11.1 Å². The molecule has 0 saturated heterocycles. The van der Waals surface area contributed by atoms with E-state index in [-0.39, 0.29) is 11.2 Å². The number of fused-ring (bicyclic) bond motifs is 1. The summed E-state index contributed by atoms with van der Waals surface area (Å²) in [5.41, 5.74) is 3.71. The number of halogens is 1. The molecule has 0 aliphatic carbocycles. The first kappa shape index (κ1) is 14.9. The fourth-order valence-electron chi connectivity index (χ4n) is 2.53. The van der Waals surface area contributed by atoms with Gasteiger partial charge in [-0.25, -0.2) is 4.98 Å². The maximum atomic E-state index is 10.7. The smallest absolute Gasteiger partial charge is 0.231 e. The molecule has 1 heterocycles. The summed E-state index contributed by atoms with van der Waals surface area (Å²) < 4.78 is 5.78. The maximum absolute atomic E-state index is 10.7. The summed E-state index contributed by atoms with van der Waals surface area (Å²) in [6, 6.07) is 9.18. The number of aromatic hydroxyl groups is 1. The normalized spacial score (nSPS) is 12.0. The minimum Gasteiger partial charge on any atom is -0.507 e. The Hall–Kier alpha value is -2.00. The van der Waals surface area contributed by atoms with Crippen molar-refractivity contribution in [3.05, 3.63) is 46.5 Å². The van der Waals surface area contributed by atoms with Gasteiger partial charge >= 0.3 is 0 Å². The highest BCUT2D eigenvalue weighted by molar-refractivity contribution is 6.31. The SMILES string of the molecule is Cc1cc(-c2nc3cc(Cl)ccc3o2)c(O)c(C(C)(C)C)c1. The monoisotopic (exact) mass is 315 g/mol. The highest BCUT2D eigenvalue weighted by atomic mass is 35.5. The Bertz CT molecular complexity index is 859. The van der Waals surface area contributed by atoms with E-state index in [1.165, 1.54) is 0 Å². The van der Waals surface area contributed by atoms with Gasteiger partial charge in [0.25, 0.3) is 0 Å². The lowest BCUT2D eigenvalue weighted by Gasteiger charge is -2.22. The van der Waals surface area contributed by atoms with Crippen LogP contribution in [0.15, 0.2) is 34.7 Å². The molecule has 2 aromatic carbocycles. The molecule has 1 aromatic heterocycles. The summed E-state index contributed by atoms with van der Waals surface area (Å²) in [5, 5.41) is 11.3. The zero-order chi connectivity index (χ0) is 16.1. The van der Waals surface area contributed by atoms with E-state index in [9.17, 15) is 5.11 Å². The summed E-state index contributed by atoms with van der Waals surface area (Å²) >= 11 is 5.98. The van der Waals surface area contributed by atoms with Crippen LogP contribution in [-0.2, 0) is 5.41 Å². The summed E-state index contributed by atoms with van der Waals surface area (Å²) in [7, 11) is 0. The molecule has 0 spiro atoms. The molecular formula is C18H18ClNO2. The fraction of sp³-hybridized carbons (Fsp3) is 0.278. The molecule has 4 heteroatoms. The lowest BCUT2D eigenvalue weighted by Crippen LogP contribution is -2.12. The zero-order valence-electron chi connectivity index (χ0n) is 13.1. The van der Waals surface area contributed by atoms with Crippen molar-refractivity contribution in [2.24, 2.45) is 0 Å². The van der Waals surface area contributed by atoms with Gasteiger partial charge in [-0.15, -0.1) is 0 Å². The van der Waals surface area contributed by atoms with Crippen molar-refractivity contribution in [1.82, 2.24) is 4.98 Å². The van der Waals surface area contributed by atoms with Gasteiger partial charge < -0.3 is 9.52 Å². The molecular weight excluding hydrogens is 298 g/mol. The number of aryl methyl sites for hydroxylation is 1. The number of benzene rings is 2. The minimum absolute atomic E-state index is 0.166. The van der Waals surface area contributed by atoms with Gasteiger partial charge in [0.05, 0.1) is 5.56 Å². The number of aromatic nitrogens is 1. The molecule has 0 bridgehead atoms. The Morgan fingerprint density at radius 3 is 2.55 bits per heavy atom. The third-order valence-electron chi connectivity index (χ3n) is 3.64. The quantitative estimate of drug-likeness (QED) is 0.648. The first-order valence-corrected chi connectivity index (χ1v) is 7.54. The van der Waals surface area contributed by atoms with E-state index in [2.05, 4.69) is 25.8 Å². The Morgan fingerprint density at radius 2 is 1.86 bits per heavy atom. The van der Waals surface area contributed by atoms with Crippen LogP contribution >= 0.6 is 11.6 Å². The maximum Gasteiger partial charge on any atom is 0.231 e. The number of rotatable bonds is 1. The standard InChI is InChI=1S/C18H18ClNO2/c1-10-7-12(16(21)13(8-10)18(2,3)4)17-20-14-9-11(19)5-6-15(14)22-17/h5-9,21H,1-4H3. The summed E-state index contributed by atoms with van der Waals surface area (Å²) in [4.78, 5) is 4.46. The van der Waals surface area contributed by atoms with Crippen LogP contribution in [0, 0.1) is 6.92 Å². The summed E-state index contributed by atoms with van der Waals surface area (Å²) in [6.07, 6.45) is 0. The van der Waals surface area contributed by atoms with Gasteiger partial charge in [0.1, 0.15) is 11.3 Å². The van der Waals surface area contributed by atoms with Gasteiger partial charge in [-0.05, 0) is 42.2 Å². The molecule has 0 amide bonds. The molecule has 0 aliphatic heterocycles. The molecule has 22 heavy (non-hydrogen) atoms. The second kappa shape index (κ2) is 5.03. The van der Waals surface area contributed by atoms with Crippen LogP contribution < -0.4 is 0 Å². The third-order valence-corrected chi connectivity index (χ3v) is 3.88. The second-order valence-corrected chi connectivity index (χ2v) is 7.03. The predicted octanol–water partition coefficient (Wildman–Crippen LogP) is 5.46. The van der Waals surface area contributed by atoms with Crippen LogP contribution in [0.5, 0.6) is 5.75 Å². The fourth-order valence-corrected chi connectivity index (χ4v) is 2.70. The molecule has 114 valence electrons. The number of phenolic OH excluding ortho intramolecular Hbond substituents is 1. The molecule has 0 atom stereocenters. The number of phenols is 1. The van der Waals surface area contributed by atoms with E-state index >= 15 is 0 Å². The van der Waals surface area contributed by atoms with Crippen LogP contribution in [0.25, 0.3) is 22.6 Å². The van der Waals surface area contributed by atoms with Gasteiger partial charge in [-0.2, -0.15) is 0 Å². The molecule has 0 aliphatic rings. The molecule has 0 radical (unpaired) electrons. The van der Waals surface area contributed by atoms with Crippen molar-refractivity contribution >= 4 is 22.7 Å². The zero-order valence-corrected chi connectivity index (χ0v) is 13.8. The van der Waals surface area contributed by atoms with E-state index in [0.29, 0.717) is 27.6 Å². The van der Waals surface area contributed by atoms with Crippen LogP contribution in [-0.4, -0.2) is 10.1 Å².